The molecule has 4 N–H and O–H groups in total. The van der Waals surface area contributed by atoms with Crippen LogP contribution in [0.15, 0.2) is 51.3 Å². The summed E-state index contributed by atoms with van der Waals surface area (Å²) in [6.45, 7) is 1.79. The second-order valence-corrected chi connectivity index (χ2v) is 10.3. The highest BCUT2D eigenvalue weighted by molar-refractivity contribution is 7.98. The number of anilines is 2. The number of aliphatic hydroxyl groups excluding tert-OH is 1. The Balaban J connectivity index is 1.53. The molecule has 1 fully saturated rings. The fourth-order valence-electron chi connectivity index (χ4n) is 4.70. The summed E-state index contributed by atoms with van der Waals surface area (Å²) in [5, 5.41) is 34.7. The second kappa shape index (κ2) is 8.80. The molecule has 2 aliphatic carbocycles. The number of aromatic hydroxyl groups is 1. The summed E-state index contributed by atoms with van der Waals surface area (Å²) in [4.78, 5) is 25.2. The first-order valence-electron chi connectivity index (χ1n) is 11.5. The van der Waals surface area contributed by atoms with Crippen molar-refractivity contribution in [3.63, 3.8) is 0 Å². The highest BCUT2D eigenvalue weighted by Crippen LogP contribution is 2.49. The van der Waals surface area contributed by atoms with Crippen LogP contribution in [0.1, 0.15) is 43.7 Å². The fourth-order valence-corrected chi connectivity index (χ4v) is 5.52. The number of halogens is 3. The summed E-state index contributed by atoms with van der Waals surface area (Å²) in [6, 6.07) is 8.90. The van der Waals surface area contributed by atoms with Crippen LogP contribution in [0.25, 0.3) is 5.76 Å². The third kappa shape index (κ3) is 4.33. The van der Waals surface area contributed by atoms with Gasteiger partial charge in [-0.05, 0) is 37.3 Å². The number of aliphatic hydroxyl groups is 1. The number of ketones is 1. The van der Waals surface area contributed by atoms with Crippen LogP contribution in [0.5, 0.6) is 5.75 Å². The van der Waals surface area contributed by atoms with E-state index >= 15 is 0 Å². The molecule has 1 atom stereocenters. The van der Waals surface area contributed by atoms with Gasteiger partial charge in [-0.1, -0.05) is 37.1 Å². The van der Waals surface area contributed by atoms with E-state index in [-0.39, 0.29) is 33.4 Å². The van der Waals surface area contributed by atoms with Crippen molar-refractivity contribution in [1.82, 2.24) is 0 Å². The number of hydrogen-bond acceptors (Lipinski definition) is 8. The van der Waals surface area contributed by atoms with Gasteiger partial charge in [-0.25, -0.2) is 0 Å². The van der Waals surface area contributed by atoms with Crippen LogP contribution in [0.2, 0.25) is 0 Å². The number of benzene rings is 2. The van der Waals surface area contributed by atoms with E-state index in [1.165, 1.54) is 0 Å². The monoisotopic (exact) mass is 533 g/mol. The molecule has 3 aliphatic rings. The van der Waals surface area contributed by atoms with Gasteiger partial charge in [0, 0.05) is 29.3 Å². The van der Waals surface area contributed by atoms with E-state index in [2.05, 4.69) is 4.40 Å². The van der Waals surface area contributed by atoms with E-state index in [0.717, 1.165) is 31.4 Å². The van der Waals surface area contributed by atoms with E-state index in [4.69, 9.17) is 0 Å². The molecular formula is C25H22F3N3O5S. The number of nitrogens with one attached hydrogen (secondary N) is 1. The second-order valence-electron chi connectivity index (χ2n) is 9.52. The molecule has 12 heteroatoms. The quantitative estimate of drug-likeness (QED) is 0.374. The van der Waals surface area contributed by atoms with Crippen LogP contribution in [-0.2, 0) is 15.0 Å². The van der Waals surface area contributed by atoms with Crippen molar-refractivity contribution in [1.29, 1.82) is 0 Å². The lowest BCUT2D eigenvalue weighted by atomic mass is 9.67. The Kier molecular flexibility index (Phi) is 5.99. The molecular weight excluding hydrogens is 511 g/mol. The lowest BCUT2D eigenvalue weighted by Gasteiger charge is -2.37. The molecule has 2 aromatic carbocycles. The van der Waals surface area contributed by atoms with Crippen molar-refractivity contribution < 1.29 is 38.2 Å². The molecule has 0 spiro atoms. The smallest absolute Gasteiger partial charge is 0.471 e. The summed E-state index contributed by atoms with van der Waals surface area (Å²) in [6.07, 6.45) is -1.57. The lowest BCUT2D eigenvalue weighted by Crippen LogP contribution is -2.44. The molecule has 1 aliphatic heterocycles. The third-order valence-electron chi connectivity index (χ3n) is 6.93. The van der Waals surface area contributed by atoms with Gasteiger partial charge in [0.05, 0.1) is 10.3 Å². The zero-order valence-electron chi connectivity index (χ0n) is 19.5. The summed E-state index contributed by atoms with van der Waals surface area (Å²) >= 11 is 0.667. The first-order valence-corrected chi connectivity index (χ1v) is 12.3. The Labute approximate surface area is 213 Å². The molecule has 1 amide bonds. The molecule has 1 saturated carbocycles. The number of carbonyl (C=O) groups excluding carboxylic acids is 2. The average Bonchev–Trinajstić information content (AvgIpc) is 3.67. The number of hydroxylamine groups is 1. The Bertz CT molecular complexity index is 1390. The summed E-state index contributed by atoms with van der Waals surface area (Å²) in [5.41, 5.74) is -0.753. The number of Topliss-reactive ketones (excluding diaryl/α,β-unsaturated/α-hetero) is 1. The van der Waals surface area contributed by atoms with Crippen LogP contribution in [0, 0.1) is 5.92 Å². The van der Waals surface area contributed by atoms with E-state index in [1.807, 2.05) is 0 Å². The van der Waals surface area contributed by atoms with Gasteiger partial charge in [-0.3, -0.25) is 14.8 Å². The van der Waals surface area contributed by atoms with Gasteiger partial charge < -0.3 is 15.5 Å². The number of amides is 1. The van der Waals surface area contributed by atoms with Crippen molar-refractivity contribution >= 4 is 46.6 Å². The van der Waals surface area contributed by atoms with E-state index in [1.54, 1.807) is 36.5 Å². The van der Waals surface area contributed by atoms with Gasteiger partial charge in [0.25, 0.3) is 0 Å². The van der Waals surface area contributed by atoms with Crippen molar-refractivity contribution in [2.75, 3.05) is 10.4 Å². The number of rotatable bonds is 5. The Morgan fingerprint density at radius 3 is 2.62 bits per heavy atom. The van der Waals surface area contributed by atoms with E-state index < -0.39 is 29.0 Å². The minimum Gasteiger partial charge on any atom is -0.506 e. The highest BCUT2D eigenvalue weighted by Gasteiger charge is 2.48. The number of hydrogen-bond donors (Lipinski definition) is 4. The average molecular weight is 534 g/mol. The van der Waals surface area contributed by atoms with Gasteiger partial charge in [0.15, 0.2) is 11.6 Å². The maximum Gasteiger partial charge on any atom is 0.471 e. The van der Waals surface area contributed by atoms with Crippen molar-refractivity contribution in [3.8, 4) is 5.75 Å². The van der Waals surface area contributed by atoms with Crippen LogP contribution in [0.3, 0.4) is 0 Å². The van der Waals surface area contributed by atoms with E-state index in [0.29, 0.717) is 40.5 Å². The van der Waals surface area contributed by atoms with Gasteiger partial charge in [0.1, 0.15) is 22.8 Å². The SMILES string of the molecule is CC1(CCC2CC2)C(=O)C(C2=NSc3cc(NC(=O)C(F)(F)F)cc(O)c3N2O)=C(O)c2ccccc21. The molecule has 0 bridgehead atoms. The van der Waals surface area contributed by atoms with Gasteiger partial charge >= 0.3 is 12.1 Å². The van der Waals surface area contributed by atoms with Gasteiger partial charge in [-0.2, -0.15) is 22.6 Å². The number of carbonyl (C=O) groups is 2. The topological polar surface area (TPSA) is 122 Å². The zero-order valence-corrected chi connectivity index (χ0v) is 20.3. The molecule has 37 heavy (non-hydrogen) atoms. The molecule has 0 saturated heterocycles. The van der Waals surface area contributed by atoms with Crippen LogP contribution < -0.4 is 10.4 Å². The molecule has 0 radical (unpaired) electrons. The predicted octanol–water partition coefficient (Wildman–Crippen LogP) is 5.51. The number of alkyl halides is 3. The van der Waals surface area contributed by atoms with Crippen molar-refractivity contribution in [3.05, 3.63) is 53.1 Å². The number of phenols is 1. The van der Waals surface area contributed by atoms with Crippen LogP contribution >= 0.6 is 11.9 Å². The Hall–Kier alpha value is -3.51. The number of fused-ring (bicyclic) bond motifs is 2. The standard InChI is InChI=1S/C25H22F3N3O5S/c1-24(9-8-12-6-7-12)15-5-3-2-4-14(15)20(33)18(21(24)34)22-30-37-17-11-13(29-23(35)25(26,27)28)10-16(32)19(17)31(22)36/h2-5,10-12,32-33,36H,6-9H2,1H3,(H,29,35). The van der Waals surface area contributed by atoms with Crippen LogP contribution in [0.4, 0.5) is 24.5 Å². The maximum absolute atomic E-state index is 13.9. The number of nitrogens with zero attached hydrogens (tertiary/aromatic N) is 2. The van der Waals surface area contributed by atoms with Crippen molar-refractivity contribution in [2.24, 2.45) is 10.3 Å². The molecule has 194 valence electrons. The normalized spacial score (nSPS) is 21.4. The van der Waals surface area contributed by atoms with Crippen molar-refractivity contribution in [2.45, 2.75) is 49.1 Å². The zero-order chi connectivity index (χ0) is 26.7. The first-order chi connectivity index (χ1) is 17.4. The molecule has 5 rings (SSSR count). The third-order valence-corrected chi connectivity index (χ3v) is 7.70. The summed E-state index contributed by atoms with van der Waals surface area (Å²) in [5.74, 6) is -3.50. The number of amidine groups is 1. The molecule has 0 aromatic heterocycles. The maximum atomic E-state index is 13.9. The lowest BCUT2D eigenvalue weighted by molar-refractivity contribution is -0.167. The highest BCUT2D eigenvalue weighted by atomic mass is 32.2. The molecule has 2 aromatic rings. The number of phenolic OH excluding ortho intramolecular Hbond substituents is 1. The Morgan fingerprint density at radius 2 is 1.95 bits per heavy atom. The molecule has 8 nitrogen and oxygen atoms in total. The van der Waals surface area contributed by atoms with Crippen LogP contribution in [-0.4, -0.2) is 39.1 Å². The van der Waals surface area contributed by atoms with E-state index in [9.17, 15) is 38.2 Å². The van der Waals surface area contributed by atoms with Gasteiger partial charge in [0.2, 0.25) is 0 Å². The molecule has 1 heterocycles. The summed E-state index contributed by atoms with van der Waals surface area (Å²) in [7, 11) is 0. The largest absolute Gasteiger partial charge is 0.506 e. The minimum atomic E-state index is -5.14. The Morgan fingerprint density at radius 1 is 1.24 bits per heavy atom. The minimum absolute atomic E-state index is 0.0176. The molecule has 1 unspecified atom stereocenters. The predicted molar refractivity (Wildman–Crippen MR) is 131 cm³/mol. The van der Waals surface area contributed by atoms with Gasteiger partial charge in [-0.15, -0.1) is 0 Å². The summed E-state index contributed by atoms with van der Waals surface area (Å²) < 4.78 is 42.0. The first kappa shape index (κ1) is 25.2. The fraction of sp³-hybridized carbons (Fsp3) is 0.320.